The van der Waals surface area contributed by atoms with Crippen molar-refractivity contribution in [3.05, 3.63) is 51.5 Å². The molecule has 3 nitrogen and oxygen atoms in total. The molecule has 0 radical (unpaired) electrons. The van der Waals surface area contributed by atoms with Gasteiger partial charge in [-0.3, -0.25) is 0 Å². The van der Waals surface area contributed by atoms with Crippen molar-refractivity contribution in [2.24, 2.45) is 0 Å². The molecule has 0 bridgehead atoms. The zero-order valence-corrected chi connectivity index (χ0v) is 12.6. The number of halogens is 2. The molecule has 0 aliphatic carbocycles. The van der Waals surface area contributed by atoms with Crippen molar-refractivity contribution in [2.45, 2.75) is 26.9 Å². The molecule has 0 atom stereocenters. The second-order valence-corrected chi connectivity index (χ2v) is 5.23. The molecule has 1 N–H and O–H groups in total. The molecule has 102 valence electrons. The van der Waals surface area contributed by atoms with E-state index in [-0.39, 0.29) is 0 Å². The topological polar surface area (TPSA) is 29.9 Å². The van der Waals surface area contributed by atoms with Gasteiger partial charge in [0.15, 0.2) is 0 Å². The number of aromatic nitrogens is 2. The second-order valence-electron chi connectivity index (χ2n) is 4.41. The summed E-state index contributed by atoms with van der Waals surface area (Å²) < 4.78 is 2.18. The summed E-state index contributed by atoms with van der Waals surface area (Å²) in [5.74, 6) is 0.999. The SMILES string of the molecule is CCNCc1cnc(C)n1Cc1ccc(Cl)c(Cl)c1. The Morgan fingerprint density at radius 2 is 2.05 bits per heavy atom. The van der Waals surface area contributed by atoms with Crippen LogP contribution in [0.1, 0.15) is 24.0 Å². The second kappa shape index (κ2) is 6.42. The monoisotopic (exact) mass is 297 g/mol. The van der Waals surface area contributed by atoms with Gasteiger partial charge in [0.05, 0.1) is 15.7 Å². The van der Waals surface area contributed by atoms with Crippen LogP contribution in [0.25, 0.3) is 0 Å². The Balaban J connectivity index is 2.22. The molecule has 1 heterocycles. The van der Waals surface area contributed by atoms with Crippen LogP contribution in [-0.4, -0.2) is 16.1 Å². The smallest absolute Gasteiger partial charge is 0.106 e. The summed E-state index contributed by atoms with van der Waals surface area (Å²) in [5, 5.41) is 4.49. The number of imidazole rings is 1. The number of nitrogens with one attached hydrogen (secondary N) is 1. The molecule has 0 saturated carbocycles. The largest absolute Gasteiger partial charge is 0.327 e. The minimum Gasteiger partial charge on any atom is -0.327 e. The van der Waals surface area contributed by atoms with Gasteiger partial charge < -0.3 is 9.88 Å². The molecule has 0 aliphatic heterocycles. The van der Waals surface area contributed by atoms with E-state index in [9.17, 15) is 0 Å². The fraction of sp³-hybridized carbons (Fsp3) is 0.357. The quantitative estimate of drug-likeness (QED) is 0.913. The van der Waals surface area contributed by atoms with Gasteiger partial charge in [-0.1, -0.05) is 36.2 Å². The Bertz CT molecular complexity index is 564. The van der Waals surface area contributed by atoms with Crippen LogP contribution >= 0.6 is 23.2 Å². The van der Waals surface area contributed by atoms with Crippen LogP contribution in [0.5, 0.6) is 0 Å². The lowest BCUT2D eigenvalue weighted by Gasteiger charge is -2.11. The summed E-state index contributed by atoms with van der Waals surface area (Å²) in [6.45, 7) is 6.61. The van der Waals surface area contributed by atoms with E-state index in [4.69, 9.17) is 23.2 Å². The third-order valence-corrected chi connectivity index (χ3v) is 3.76. The van der Waals surface area contributed by atoms with Crippen LogP contribution in [0.4, 0.5) is 0 Å². The van der Waals surface area contributed by atoms with E-state index in [1.807, 2.05) is 31.3 Å². The fourth-order valence-electron chi connectivity index (χ4n) is 1.95. The van der Waals surface area contributed by atoms with E-state index in [1.54, 1.807) is 0 Å². The van der Waals surface area contributed by atoms with Crippen molar-refractivity contribution in [2.75, 3.05) is 6.54 Å². The van der Waals surface area contributed by atoms with Gasteiger partial charge in [0.2, 0.25) is 0 Å². The molecule has 0 amide bonds. The molecule has 2 rings (SSSR count). The fourth-order valence-corrected chi connectivity index (χ4v) is 2.27. The number of hydrogen-bond donors (Lipinski definition) is 1. The molecule has 5 heteroatoms. The van der Waals surface area contributed by atoms with Crippen LogP contribution in [0.2, 0.25) is 10.0 Å². The first-order valence-electron chi connectivity index (χ1n) is 6.27. The standard InChI is InChI=1S/C14H17Cl2N3/c1-3-17-7-12-8-18-10(2)19(12)9-11-4-5-13(15)14(16)6-11/h4-6,8,17H,3,7,9H2,1-2H3. The minimum atomic E-state index is 0.584. The zero-order chi connectivity index (χ0) is 13.8. The van der Waals surface area contributed by atoms with Crippen molar-refractivity contribution in [3.8, 4) is 0 Å². The summed E-state index contributed by atoms with van der Waals surface area (Å²) in [6, 6.07) is 5.72. The molecule has 2 aromatic rings. The molecule has 0 fully saturated rings. The van der Waals surface area contributed by atoms with Gasteiger partial charge in [0.25, 0.3) is 0 Å². The maximum atomic E-state index is 6.05. The zero-order valence-electron chi connectivity index (χ0n) is 11.1. The highest BCUT2D eigenvalue weighted by atomic mass is 35.5. The lowest BCUT2D eigenvalue weighted by Crippen LogP contribution is -2.16. The van der Waals surface area contributed by atoms with Gasteiger partial charge in [0.1, 0.15) is 5.82 Å². The van der Waals surface area contributed by atoms with Crippen LogP contribution in [0.15, 0.2) is 24.4 Å². The van der Waals surface area contributed by atoms with Crippen LogP contribution in [-0.2, 0) is 13.1 Å². The number of hydrogen-bond acceptors (Lipinski definition) is 2. The Labute approximate surface area is 123 Å². The highest BCUT2D eigenvalue weighted by Gasteiger charge is 2.08. The lowest BCUT2D eigenvalue weighted by molar-refractivity contribution is 0.646. The molecular weight excluding hydrogens is 281 g/mol. The number of benzene rings is 1. The first kappa shape index (κ1) is 14.4. The van der Waals surface area contributed by atoms with E-state index < -0.39 is 0 Å². The van der Waals surface area contributed by atoms with Gasteiger partial charge in [0, 0.05) is 19.3 Å². The number of aryl methyl sites for hydroxylation is 1. The highest BCUT2D eigenvalue weighted by Crippen LogP contribution is 2.23. The number of rotatable bonds is 5. The van der Waals surface area contributed by atoms with E-state index >= 15 is 0 Å². The predicted molar refractivity (Wildman–Crippen MR) is 79.9 cm³/mol. The first-order valence-corrected chi connectivity index (χ1v) is 7.03. The maximum Gasteiger partial charge on any atom is 0.106 e. The van der Waals surface area contributed by atoms with Gasteiger partial charge >= 0.3 is 0 Å². The number of nitrogens with zero attached hydrogens (tertiary/aromatic N) is 2. The maximum absolute atomic E-state index is 6.05. The molecular formula is C14H17Cl2N3. The van der Waals surface area contributed by atoms with E-state index in [1.165, 1.54) is 5.69 Å². The van der Waals surface area contributed by atoms with Crippen LogP contribution < -0.4 is 5.32 Å². The summed E-state index contributed by atoms with van der Waals surface area (Å²) in [6.07, 6.45) is 1.91. The van der Waals surface area contributed by atoms with Crippen molar-refractivity contribution < 1.29 is 0 Å². The Hall–Kier alpha value is -1.03. The highest BCUT2D eigenvalue weighted by molar-refractivity contribution is 6.42. The van der Waals surface area contributed by atoms with Crippen molar-refractivity contribution in [1.29, 1.82) is 0 Å². The molecule has 0 aliphatic rings. The van der Waals surface area contributed by atoms with Gasteiger partial charge in [-0.15, -0.1) is 0 Å². The summed E-state index contributed by atoms with van der Waals surface area (Å²) in [4.78, 5) is 4.37. The summed E-state index contributed by atoms with van der Waals surface area (Å²) in [5.41, 5.74) is 2.29. The van der Waals surface area contributed by atoms with E-state index in [2.05, 4.69) is 21.8 Å². The Morgan fingerprint density at radius 1 is 1.26 bits per heavy atom. The van der Waals surface area contributed by atoms with E-state index in [0.717, 1.165) is 31.0 Å². The lowest BCUT2D eigenvalue weighted by atomic mass is 10.2. The molecule has 1 aromatic heterocycles. The van der Waals surface area contributed by atoms with Crippen molar-refractivity contribution >= 4 is 23.2 Å². The predicted octanol–water partition coefficient (Wildman–Crippen LogP) is 3.66. The molecule has 0 unspecified atom stereocenters. The molecule has 19 heavy (non-hydrogen) atoms. The van der Waals surface area contributed by atoms with Crippen LogP contribution in [0, 0.1) is 6.92 Å². The third-order valence-electron chi connectivity index (χ3n) is 3.02. The van der Waals surface area contributed by atoms with Gasteiger partial charge in [-0.2, -0.15) is 0 Å². The van der Waals surface area contributed by atoms with E-state index in [0.29, 0.717) is 10.0 Å². The minimum absolute atomic E-state index is 0.584. The average Bonchev–Trinajstić information content (AvgIpc) is 2.73. The van der Waals surface area contributed by atoms with Crippen LogP contribution in [0.3, 0.4) is 0 Å². The molecule has 0 spiro atoms. The average molecular weight is 298 g/mol. The van der Waals surface area contributed by atoms with Gasteiger partial charge in [-0.05, 0) is 31.2 Å². The first-order chi connectivity index (χ1) is 9.11. The Kier molecular flexibility index (Phi) is 4.86. The van der Waals surface area contributed by atoms with Crippen molar-refractivity contribution in [1.82, 2.24) is 14.9 Å². The summed E-state index contributed by atoms with van der Waals surface area (Å²) >= 11 is 12.0. The molecule has 1 aromatic carbocycles. The Morgan fingerprint density at radius 3 is 2.74 bits per heavy atom. The van der Waals surface area contributed by atoms with Crippen molar-refractivity contribution in [3.63, 3.8) is 0 Å². The van der Waals surface area contributed by atoms with Gasteiger partial charge in [-0.25, -0.2) is 4.98 Å². The molecule has 0 saturated heterocycles. The summed E-state index contributed by atoms with van der Waals surface area (Å²) in [7, 11) is 0. The normalized spacial score (nSPS) is 10.9. The third kappa shape index (κ3) is 3.50.